The zero-order valence-corrected chi connectivity index (χ0v) is 17.4. The van der Waals surface area contributed by atoms with Crippen molar-refractivity contribution in [1.29, 1.82) is 0 Å². The molecule has 0 radical (unpaired) electrons. The summed E-state index contributed by atoms with van der Waals surface area (Å²) < 4.78 is 19.6. The maximum atomic E-state index is 14.3. The van der Waals surface area contributed by atoms with Crippen molar-refractivity contribution in [1.82, 2.24) is 9.88 Å². The number of nitrogens with zero attached hydrogens (tertiary/aromatic N) is 4. The van der Waals surface area contributed by atoms with E-state index < -0.39 is 17.5 Å². The molecule has 0 amide bonds. The van der Waals surface area contributed by atoms with Gasteiger partial charge in [-0.3, -0.25) is 14.7 Å². The first kappa shape index (κ1) is 21.2. The van der Waals surface area contributed by atoms with Crippen LogP contribution < -0.4 is 5.73 Å². The number of fused-ring (bicyclic) bond motifs is 1. The molecule has 0 aliphatic carbocycles. The predicted octanol–water partition coefficient (Wildman–Crippen LogP) is 3.25. The molecule has 3 N–H and O–H groups in total. The van der Waals surface area contributed by atoms with E-state index in [1.54, 1.807) is 24.7 Å². The lowest BCUT2D eigenvalue weighted by Crippen LogP contribution is -2.46. The number of aliphatic imine (C=N–C) groups is 2. The molecule has 0 fully saturated rings. The molecule has 164 valence electrons. The minimum absolute atomic E-state index is 0.428. The van der Waals surface area contributed by atoms with E-state index in [0.717, 1.165) is 42.4 Å². The van der Waals surface area contributed by atoms with Crippen LogP contribution in [0.5, 0.6) is 0 Å². The van der Waals surface area contributed by atoms with Crippen molar-refractivity contribution in [2.24, 2.45) is 15.7 Å². The Morgan fingerprint density at radius 2 is 2.06 bits per heavy atom. The van der Waals surface area contributed by atoms with E-state index in [9.17, 15) is 4.39 Å². The van der Waals surface area contributed by atoms with Crippen molar-refractivity contribution in [3.8, 4) is 11.1 Å². The molecule has 1 unspecified atom stereocenters. The van der Waals surface area contributed by atoms with Crippen LogP contribution in [0.3, 0.4) is 0 Å². The quantitative estimate of drug-likeness (QED) is 0.610. The smallest absolute Gasteiger partial charge is 0.300 e. The molecule has 2 aliphatic heterocycles. The third-order valence-corrected chi connectivity index (χ3v) is 5.23. The number of amidine groups is 1. The fourth-order valence-electron chi connectivity index (χ4n) is 3.96. The van der Waals surface area contributed by atoms with Gasteiger partial charge < -0.3 is 15.3 Å². The summed E-state index contributed by atoms with van der Waals surface area (Å²) in [6, 6.07) is 12.9. The van der Waals surface area contributed by atoms with Gasteiger partial charge in [-0.15, -0.1) is 0 Å². The van der Waals surface area contributed by atoms with Gasteiger partial charge in [-0.2, -0.15) is 4.39 Å². The molecule has 2 aromatic heterocycles. The SMILES string of the molecule is CC(=O)O.NC1=NC(c2ccoc2)(c2cccc(-c3cccnc3F)c2)C2=NCCCN12. The van der Waals surface area contributed by atoms with Crippen molar-refractivity contribution >= 4 is 17.8 Å². The Labute approximate surface area is 183 Å². The van der Waals surface area contributed by atoms with Gasteiger partial charge in [0.15, 0.2) is 11.5 Å². The molecular formula is C23H22FN5O3. The highest BCUT2D eigenvalue weighted by molar-refractivity contribution is 6.12. The van der Waals surface area contributed by atoms with Gasteiger partial charge in [0.2, 0.25) is 5.95 Å². The summed E-state index contributed by atoms with van der Waals surface area (Å²) in [7, 11) is 0. The van der Waals surface area contributed by atoms with E-state index >= 15 is 0 Å². The Morgan fingerprint density at radius 3 is 2.78 bits per heavy atom. The highest BCUT2D eigenvalue weighted by Crippen LogP contribution is 2.42. The minimum Gasteiger partial charge on any atom is -0.481 e. The van der Waals surface area contributed by atoms with E-state index in [1.807, 2.05) is 35.2 Å². The molecule has 2 aliphatic rings. The lowest BCUT2D eigenvalue weighted by atomic mass is 9.82. The van der Waals surface area contributed by atoms with E-state index in [4.69, 9.17) is 30.0 Å². The van der Waals surface area contributed by atoms with Crippen molar-refractivity contribution in [2.45, 2.75) is 18.9 Å². The number of aliphatic carboxylic acids is 1. The number of hydrogen-bond acceptors (Lipinski definition) is 7. The predicted molar refractivity (Wildman–Crippen MR) is 118 cm³/mol. The Hall–Kier alpha value is -4.01. The van der Waals surface area contributed by atoms with E-state index in [0.29, 0.717) is 18.1 Å². The molecule has 4 heterocycles. The minimum atomic E-state index is -0.911. The Morgan fingerprint density at radius 1 is 1.25 bits per heavy atom. The van der Waals surface area contributed by atoms with Crippen LogP contribution in [-0.4, -0.2) is 45.8 Å². The standard InChI is InChI=1S/C21H18FN5O.C2H4O2/c22-18-17(6-2-8-24-18)14-4-1-5-15(12-14)21(16-7-11-28-13-16)19-25-9-3-10-27(19)20(23)26-21;1-2(3)4/h1-2,4-8,11-13H,3,9-10H2,(H2,23,26);1H3,(H,3,4). The number of rotatable bonds is 3. The second-order valence-corrected chi connectivity index (χ2v) is 7.34. The number of guanidine groups is 1. The molecule has 0 spiro atoms. The summed E-state index contributed by atoms with van der Waals surface area (Å²) in [5, 5.41) is 7.42. The number of benzene rings is 1. The van der Waals surface area contributed by atoms with Gasteiger partial charge in [-0.25, -0.2) is 9.98 Å². The summed E-state index contributed by atoms with van der Waals surface area (Å²) in [6.07, 6.45) is 5.63. The summed E-state index contributed by atoms with van der Waals surface area (Å²) >= 11 is 0. The van der Waals surface area contributed by atoms with E-state index in [-0.39, 0.29) is 0 Å². The Balaban J connectivity index is 0.000000567. The molecule has 3 aromatic rings. The van der Waals surface area contributed by atoms with Crippen LogP contribution in [0.15, 0.2) is 75.6 Å². The fourth-order valence-corrected chi connectivity index (χ4v) is 3.96. The second kappa shape index (κ2) is 8.62. The molecule has 32 heavy (non-hydrogen) atoms. The van der Waals surface area contributed by atoms with Gasteiger partial charge in [0.25, 0.3) is 5.97 Å². The van der Waals surface area contributed by atoms with Gasteiger partial charge in [-0.1, -0.05) is 18.2 Å². The van der Waals surface area contributed by atoms with Crippen LogP contribution in [0.25, 0.3) is 11.1 Å². The number of aromatic nitrogens is 1. The van der Waals surface area contributed by atoms with Crippen LogP contribution in [0, 0.1) is 5.95 Å². The fraction of sp³-hybridized carbons (Fsp3) is 0.217. The van der Waals surface area contributed by atoms with Crippen molar-refractivity contribution in [3.63, 3.8) is 0 Å². The first-order valence-corrected chi connectivity index (χ1v) is 10.0. The van der Waals surface area contributed by atoms with Gasteiger partial charge in [-0.05, 0) is 41.8 Å². The molecule has 1 aromatic carbocycles. The highest BCUT2D eigenvalue weighted by Gasteiger charge is 2.49. The zero-order valence-electron chi connectivity index (χ0n) is 17.4. The third-order valence-electron chi connectivity index (χ3n) is 5.23. The first-order chi connectivity index (χ1) is 15.4. The summed E-state index contributed by atoms with van der Waals surface area (Å²) in [6.45, 7) is 2.57. The molecule has 9 heteroatoms. The van der Waals surface area contributed by atoms with E-state index in [1.165, 1.54) is 6.20 Å². The van der Waals surface area contributed by atoms with E-state index in [2.05, 4.69) is 4.98 Å². The molecule has 1 atom stereocenters. The number of pyridine rings is 1. The zero-order chi connectivity index (χ0) is 22.7. The summed E-state index contributed by atoms with van der Waals surface area (Å²) in [4.78, 5) is 24.3. The van der Waals surface area contributed by atoms with Gasteiger partial charge in [0, 0.05) is 37.3 Å². The normalized spacial score (nSPS) is 19.4. The molecule has 8 nitrogen and oxygen atoms in total. The summed E-state index contributed by atoms with van der Waals surface area (Å²) in [5.74, 6) is -0.137. The van der Waals surface area contributed by atoms with Crippen molar-refractivity contribution in [2.75, 3.05) is 13.1 Å². The number of nitrogens with two attached hydrogens (primary N) is 1. The largest absolute Gasteiger partial charge is 0.481 e. The Kier molecular flexibility index (Phi) is 5.72. The van der Waals surface area contributed by atoms with Gasteiger partial charge >= 0.3 is 0 Å². The van der Waals surface area contributed by atoms with Crippen LogP contribution >= 0.6 is 0 Å². The van der Waals surface area contributed by atoms with Crippen LogP contribution in [-0.2, 0) is 10.3 Å². The number of hydrogen-bond donors (Lipinski definition) is 2. The highest BCUT2D eigenvalue weighted by atomic mass is 19.1. The average Bonchev–Trinajstić information content (AvgIpc) is 3.42. The monoisotopic (exact) mass is 435 g/mol. The number of carbonyl (C=O) groups is 1. The second-order valence-electron chi connectivity index (χ2n) is 7.34. The van der Waals surface area contributed by atoms with Gasteiger partial charge in [0.1, 0.15) is 5.84 Å². The molecule has 0 bridgehead atoms. The Bertz CT molecular complexity index is 1190. The maximum absolute atomic E-state index is 14.3. The maximum Gasteiger partial charge on any atom is 0.300 e. The number of halogens is 1. The molecule has 5 rings (SSSR count). The van der Waals surface area contributed by atoms with Gasteiger partial charge in [0.05, 0.1) is 12.5 Å². The van der Waals surface area contributed by atoms with Crippen LogP contribution in [0.1, 0.15) is 24.5 Å². The number of carboxylic acids is 1. The average molecular weight is 435 g/mol. The van der Waals surface area contributed by atoms with Crippen LogP contribution in [0.4, 0.5) is 4.39 Å². The first-order valence-electron chi connectivity index (χ1n) is 10.0. The van der Waals surface area contributed by atoms with Crippen molar-refractivity contribution < 1.29 is 18.7 Å². The number of furan rings is 1. The molecule has 0 saturated carbocycles. The number of carboxylic acid groups (broad SMARTS) is 1. The van der Waals surface area contributed by atoms with Crippen molar-refractivity contribution in [3.05, 3.63) is 78.3 Å². The third kappa shape index (κ3) is 3.73. The summed E-state index contributed by atoms with van der Waals surface area (Å²) in [5.41, 5.74) is 8.20. The molecule has 0 saturated heterocycles. The lowest BCUT2D eigenvalue weighted by molar-refractivity contribution is -0.134. The lowest BCUT2D eigenvalue weighted by Gasteiger charge is -2.32. The molecular weight excluding hydrogens is 413 g/mol. The van der Waals surface area contributed by atoms with Crippen LogP contribution in [0.2, 0.25) is 0 Å². The topological polar surface area (TPSA) is 117 Å².